The van der Waals surface area contributed by atoms with Gasteiger partial charge in [-0.25, -0.2) is 10.2 Å². The third-order valence-corrected chi connectivity index (χ3v) is 5.63. The summed E-state index contributed by atoms with van der Waals surface area (Å²) in [6, 6.07) is 24.9. The lowest BCUT2D eigenvalue weighted by Gasteiger charge is -2.11. The molecule has 0 spiro atoms. The van der Waals surface area contributed by atoms with Gasteiger partial charge < -0.3 is 9.47 Å². The zero-order valence-electron chi connectivity index (χ0n) is 17.6. The Morgan fingerprint density at radius 2 is 1.64 bits per heavy atom. The first-order valence-corrected chi connectivity index (χ1v) is 10.8. The number of esters is 1. The summed E-state index contributed by atoms with van der Waals surface area (Å²) in [6.07, 6.45) is 1.48. The van der Waals surface area contributed by atoms with Crippen LogP contribution in [0.1, 0.15) is 26.3 Å². The molecule has 4 aromatic carbocycles. The largest absolute Gasteiger partial charge is 0.497 e. The molecule has 0 aromatic heterocycles. The van der Waals surface area contributed by atoms with Gasteiger partial charge in [-0.2, -0.15) is 5.10 Å². The Balaban J connectivity index is 1.62. The molecule has 1 N–H and O–H groups in total. The zero-order chi connectivity index (χ0) is 23.2. The van der Waals surface area contributed by atoms with Gasteiger partial charge in [0.1, 0.15) is 11.5 Å². The summed E-state index contributed by atoms with van der Waals surface area (Å²) < 4.78 is 11.5. The van der Waals surface area contributed by atoms with Gasteiger partial charge in [-0.15, -0.1) is 0 Å². The minimum atomic E-state index is -0.514. The van der Waals surface area contributed by atoms with Gasteiger partial charge in [0.25, 0.3) is 5.91 Å². The van der Waals surface area contributed by atoms with Gasteiger partial charge in [-0.05, 0) is 69.2 Å². The number of nitrogens with zero attached hydrogens (tertiary/aromatic N) is 1. The van der Waals surface area contributed by atoms with Gasteiger partial charge in [-0.3, -0.25) is 4.79 Å². The Labute approximate surface area is 199 Å². The molecule has 0 bridgehead atoms. The quantitative estimate of drug-likeness (QED) is 0.161. The lowest BCUT2D eigenvalue weighted by molar-refractivity contribution is 0.0734. The predicted molar refractivity (Wildman–Crippen MR) is 131 cm³/mol. The summed E-state index contributed by atoms with van der Waals surface area (Å²) in [7, 11) is 1.56. The third-order valence-electron chi connectivity index (χ3n) is 4.94. The van der Waals surface area contributed by atoms with Crippen molar-refractivity contribution < 1.29 is 19.1 Å². The molecular weight excluding hydrogens is 484 g/mol. The molecule has 7 heteroatoms. The van der Waals surface area contributed by atoms with Crippen molar-refractivity contribution in [1.82, 2.24) is 5.43 Å². The van der Waals surface area contributed by atoms with E-state index < -0.39 is 5.97 Å². The highest BCUT2D eigenvalue weighted by Crippen LogP contribution is 2.27. The third kappa shape index (κ3) is 5.10. The van der Waals surface area contributed by atoms with E-state index in [0.717, 1.165) is 10.8 Å². The maximum Gasteiger partial charge on any atom is 0.343 e. The first kappa shape index (κ1) is 22.2. The molecule has 0 saturated heterocycles. The van der Waals surface area contributed by atoms with Crippen molar-refractivity contribution in [3.63, 3.8) is 0 Å². The van der Waals surface area contributed by atoms with Gasteiger partial charge in [0.15, 0.2) is 0 Å². The second-order valence-corrected chi connectivity index (χ2v) is 7.85. The molecule has 6 nitrogen and oxygen atoms in total. The van der Waals surface area contributed by atoms with E-state index in [-0.39, 0.29) is 5.91 Å². The highest BCUT2D eigenvalue weighted by molar-refractivity contribution is 9.10. The molecule has 4 aromatic rings. The van der Waals surface area contributed by atoms with Crippen molar-refractivity contribution >= 4 is 44.8 Å². The Morgan fingerprint density at radius 3 is 2.39 bits per heavy atom. The maximum atomic E-state index is 12.7. The molecule has 4 rings (SSSR count). The van der Waals surface area contributed by atoms with Crippen LogP contribution in [-0.2, 0) is 0 Å². The molecule has 164 valence electrons. The van der Waals surface area contributed by atoms with Crippen LogP contribution < -0.4 is 14.9 Å². The zero-order valence-corrected chi connectivity index (χ0v) is 19.2. The summed E-state index contributed by atoms with van der Waals surface area (Å²) in [4.78, 5) is 25.2. The van der Waals surface area contributed by atoms with E-state index in [1.54, 1.807) is 55.6 Å². The van der Waals surface area contributed by atoms with E-state index in [9.17, 15) is 9.59 Å². The molecule has 0 aliphatic rings. The number of methoxy groups -OCH3 is 1. The average molecular weight is 503 g/mol. The number of fused-ring (bicyclic) bond motifs is 1. The molecule has 0 saturated carbocycles. The number of rotatable bonds is 6. The van der Waals surface area contributed by atoms with Crippen molar-refractivity contribution in [3.8, 4) is 11.5 Å². The SMILES string of the molecule is COc1ccc(C(=O)Oc2ccc3ccccc3c2/C=N/NC(=O)c2ccccc2Br)cc1. The van der Waals surface area contributed by atoms with Gasteiger partial charge >= 0.3 is 5.97 Å². The van der Waals surface area contributed by atoms with Crippen molar-refractivity contribution in [2.75, 3.05) is 7.11 Å². The average Bonchev–Trinajstić information content (AvgIpc) is 2.85. The van der Waals surface area contributed by atoms with Crippen molar-refractivity contribution in [3.05, 3.63) is 106 Å². The number of ether oxygens (including phenoxy) is 2. The molecule has 0 fully saturated rings. The van der Waals surface area contributed by atoms with E-state index in [1.165, 1.54) is 6.21 Å². The lowest BCUT2D eigenvalue weighted by atomic mass is 10.0. The van der Waals surface area contributed by atoms with Crippen molar-refractivity contribution in [1.29, 1.82) is 0 Å². The Bertz CT molecular complexity index is 1350. The molecule has 1 amide bonds. The number of hydrogen-bond acceptors (Lipinski definition) is 5. The van der Waals surface area contributed by atoms with Crippen LogP contribution in [0.4, 0.5) is 0 Å². The van der Waals surface area contributed by atoms with Crippen molar-refractivity contribution in [2.45, 2.75) is 0 Å². The lowest BCUT2D eigenvalue weighted by Crippen LogP contribution is -2.18. The second-order valence-electron chi connectivity index (χ2n) is 7.00. The van der Waals surface area contributed by atoms with Gasteiger partial charge in [0.05, 0.1) is 24.5 Å². The molecular formula is C26H19BrN2O4. The first-order chi connectivity index (χ1) is 16.1. The van der Waals surface area contributed by atoms with Crippen LogP contribution in [0.15, 0.2) is 94.5 Å². The van der Waals surface area contributed by atoms with Crippen LogP contribution in [0.3, 0.4) is 0 Å². The number of hydrogen-bond donors (Lipinski definition) is 1. The van der Waals surface area contributed by atoms with E-state index in [4.69, 9.17) is 9.47 Å². The van der Waals surface area contributed by atoms with Crippen LogP contribution in [0.25, 0.3) is 10.8 Å². The summed E-state index contributed by atoms with van der Waals surface area (Å²) in [5.41, 5.74) is 3.94. The van der Waals surface area contributed by atoms with E-state index in [2.05, 4.69) is 26.5 Å². The molecule has 0 radical (unpaired) electrons. The van der Waals surface area contributed by atoms with Gasteiger partial charge in [0, 0.05) is 10.0 Å². The van der Waals surface area contributed by atoms with Crippen molar-refractivity contribution in [2.24, 2.45) is 5.10 Å². The Kier molecular flexibility index (Phi) is 6.80. The summed E-state index contributed by atoms with van der Waals surface area (Å²) >= 11 is 3.36. The van der Waals surface area contributed by atoms with Crippen LogP contribution in [0.5, 0.6) is 11.5 Å². The van der Waals surface area contributed by atoms with Crippen LogP contribution >= 0.6 is 15.9 Å². The number of carbonyl (C=O) groups excluding carboxylic acids is 2. The number of halogens is 1. The molecule has 0 heterocycles. The van der Waals surface area contributed by atoms with Crippen LogP contribution in [0, 0.1) is 0 Å². The van der Waals surface area contributed by atoms with E-state index in [1.807, 2.05) is 36.4 Å². The molecule has 0 aliphatic heterocycles. The second kappa shape index (κ2) is 10.1. The van der Waals surface area contributed by atoms with E-state index in [0.29, 0.717) is 32.7 Å². The van der Waals surface area contributed by atoms with Crippen LogP contribution in [0.2, 0.25) is 0 Å². The minimum absolute atomic E-state index is 0.327. The molecule has 0 atom stereocenters. The highest BCUT2D eigenvalue weighted by atomic mass is 79.9. The number of amides is 1. The molecule has 0 unspecified atom stereocenters. The molecule has 33 heavy (non-hydrogen) atoms. The summed E-state index contributed by atoms with van der Waals surface area (Å²) in [5.74, 6) is 0.0925. The number of hydrazone groups is 1. The number of benzene rings is 4. The van der Waals surface area contributed by atoms with Gasteiger partial charge in [0.2, 0.25) is 0 Å². The predicted octanol–water partition coefficient (Wildman–Crippen LogP) is 5.59. The monoisotopic (exact) mass is 502 g/mol. The molecule has 0 aliphatic carbocycles. The minimum Gasteiger partial charge on any atom is -0.497 e. The maximum absolute atomic E-state index is 12.7. The summed E-state index contributed by atoms with van der Waals surface area (Å²) in [5, 5.41) is 5.89. The standard InChI is InChI=1S/C26H19BrN2O4/c1-32-19-13-10-18(11-14-19)26(31)33-24-15-12-17-6-2-3-7-20(17)22(24)16-28-29-25(30)21-8-4-5-9-23(21)27/h2-16H,1H3,(H,29,30)/b28-16+. The number of nitrogens with one attached hydrogen (secondary N) is 1. The van der Waals surface area contributed by atoms with Crippen LogP contribution in [-0.4, -0.2) is 25.2 Å². The first-order valence-electron chi connectivity index (χ1n) is 10.0. The Morgan fingerprint density at radius 1 is 0.909 bits per heavy atom. The fraction of sp³-hybridized carbons (Fsp3) is 0.0385. The Hall–Kier alpha value is -3.97. The normalized spacial score (nSPS) is 10.8. The number of carbonyl (C=O) groups is 2. The fourth-order valence-corrected chi connectivity index (χ4v) is 3.71. The van der Waals surface area contributed by atoms with Gasteiger partial charge in [-0.1, -0.05) is 42.5 Å². The highest BCUT2D eigenvalue weighted by Gasteiger charge is 2.14. The summed E-state index contributed by atoms with van der Waals surface area (Å²) in [6.45, 7) is 0. The fourth-order valence-electron chi connectivity index (χ4n) is 3.24. The smallest absolute Gasteiger partial charge is 0.343 e. The van der Waals surface area contributed by atoms with E-state index >= 15 is 0 Å². The topological polar surface area (TPSA) is 77.0 Å².